The zero-order chi connectivity index (χ0) is 20.5. The lowest BCUT2D eigenvalue weighted by Gasteiger charge is -2.19. The van der Waals surface area contributed by atoms with Gasteiger partial charge in [0.15, 0.2) is 5.75 Å². The van der Waals surface area contributed by atoms with Gasteiger partial charge in [-0.25, -0.2) is 4.79 Å². The van der Waals surface area contributed by atoms with Gasteiger partial charge in [0.05, 0.1) is 10.7 Å². The van der Waals surface area contributed by atoms with Crippen LogP contribution in [0.15, 0.2) is 24.3 Å². The smallest absolute Gasteiger partial charge is 0.444 e. The van der Waals surface area contributed by atoms with Crippen LogP contribution in [0.5, 0.6) is 5.75 Å². The molecule has 1 amide bonds. The predicted molar refractivity (Wildman–Crippen MR) is 101 cm³/mol. The van der Waals surface area contributed by atoms with E-state index in [0.29, 0.717) is 24.5 Å². The fraction of sp³-hybridized carbons (Fsp3) is 0.529. The average Bonchev–Trinajstić information content (AvgIpc) is 2.49. The molecule has 152 valence electrons. The molecule has 1 rings (SSSR count). The fourth-order valence-electron chi connectivity index (χ4n) is 1.90. The second-order valence-corrected chi connectivity index (χ2v) is 7.04. The summed E-state index contributed by atoms with van der Waals surface area (Å²) in [4.78, 5) is 11.8. The van der Waals surface area contributed by atoms with Crippen molar-refractivity contribution in [1.82, 2.24) is 10.6 Å². The van der Waals surface area contributed by atoms with E-state index in [4.69, 9.17) is 17.0 Å². The summed E-state index contributed by atoms with van der Waals surface area (Å²) in [6.07, 6.45) is -4.63. The minimum absolute atomic E-state index is 0.133. The first-order valence-electron chi connectivity index (χ1n) is 8.28. The van der Waals surface area contributed by atoms with Crippen molar-refractivity contribution >= 4 is 29.0 Å². The van der Waals surface area contributed by atoms with E-state index in [9.17, 15) is 18.0 Å². The highest BCUT2D eigenvalue weighted by atomic mass is 32.1. The molecule has 0 aliphatic rings. The molecule has 3 N–H and O–H groups in total. The molecule has 6 nitrogen and oxygen atoms in total. The molecule has 0 fully saturated rings. The van der Waals surface area contributed by atoms with Crippen molar-refractivity contribution in [1.29, 1.82) is 0 Å². The predicted octanol–water partition coefficient (Wildman–Crippen LogP) is 3.83. The van der Waals surface area contributed by atoms with Crippen LogP contribution in [0.3, 0.4) is 0 Å². The normalized spacial score (nSPS) is 11.6. The van der Waals surface area contributed by atoms with Crippen LogP contribution in [0.1, 0.15) is 27.2 Å². The maximum Gasteiger partial charge on any atom is 0.573 e. The molecule has 0 spiro atoms. The zero-order valence-electron chi connectivity index (χ0n) is 15.4. The number of rotatable bonds is 8. The summed E-state index contributed by atoms with van der Waals surface area (Å²) in [7, 11) is 0. The van der Waals surface area contributed by atoms with Crippen molar-refractivity contribution in [3.63, 3.8) is 0 Å². The number of alkyl halides is 3. The minimum atomic E-state index is -4.78. The summed E-state index contributed by atoms with van der Waals surface area (Å²) in [6, 6.07) is 5.65. The monoisotopic (exact) mass is 407 g/mol. The molecule has 1 aromatic rings. The molecular weight excluding hydrogens is 383 g/mol. The zero-order valence-corrected chi connectivity index (χ0v) is 16.2. The largest absolute Gasteiger partial charge is 0.573 e. The number of carbonyl (C=O) groups excluding carboxylic acids is 1. The van der Waals surface area contributed by atoms with Crippen molar-refractivity contribution in [2.24, 2.45) is 0 Å². The molecule has 0 heterocycles. The summed E-state index contributed by atoms with van der Waals surface area (Å²) in [5.41, 5.74) is -0.417. The van der Waals surface area contributed by atoms with Gasteiger partial charge in [-0.05, 0) is 45.9 Å². The molecule has 0 aliphatic heterocycles. The number of ether oxygens (including phenoxy) is 2. The number of thiocarbonyl (C=S) groups is 1. The fourth-order valence-corrected chi connectivity index (χ4v) is 2.11. The summed E-state index contributed by atoms with van der Waals surface area (Å²) in [5.74, 6) is -0.353. The Morgan fingerprint density at radius 3 is 2.44 bits per heavy atom. The van der Waals surface area contributed by atoms with Gasteiger partial charge in [-0.1, -0.05) is 24.4 Å². The molecular formula is C17H24F3N3O3S. The standard InChI is InChI=1S/C17H24F3N3O3S/c1-16(2,3)26-15(24)22-10-6-9-21-11-14(27)23-12-7-4-5-8-13(12)25-17(18,19)20/h4-5,7-8,21H,6,9-11H2,1-3H3,(H,22,24)(H,23,27). The Morgan fingerprint density at radius 2 is 1.81 bits per heavy atom. The highest BCUT2D eigenvalue weighted by Gasteiger charge is 2.32. The Labute approximate surface area is 161 Å². The molecule has 0 bridgehead atoms. The van der Waals surface area contributed by atoms with Crippen molar-refractivity contribution in [3.05, 3.63) is 24.3 Å². The number of nitrogens with one attached hydrogen (secondary N) is 3. The van der Waals surface area contributed by atoms with Crippen LogP contribution in [0.25, 0.3) is 0 Å². The van der Waals surface area contributed by atoms with E-state index in [1.165, 1.54) is 18.2 Å². The van der Waals surface area contributed by atoms with E-state index in [2.05, 4.69) is 20.7 Å². The number of hydrogen-bond acceptors (Lipinski definition) is 5. The molecule has 0 aliphatic carbocycles. The lowest BCUT2D eigenvalue weighted by molar-refractivity contribution is -0.274. The van der Waals surface area contributed by atoms with Gasteiger partial charge in [0, 0.05) is 13.1 Å². The number of hydrogen-bond donors (Lipinski definition) is 3. The van der Waals surface area contributed by atoms with Crippen LogP contribution in [0.4, 0.5) is 23.7 Å². The quantitative estimate of drug-likeness (QED) is 0.449. The lowest BCUT2D eigenvalue weighted by Crippen LogP contribution is -2.34. The lowest BCUT2D eigenvalue weighted by atomic mass is 10.2. The van der Waals surface area contributed by atoms with E-state index < -0.39 is 18.1 Å². The van der Waals surface area contributed by atoms with Crippen molar-refractivity contribution in [3.8, 4) is 5.75 Å². The molecule has 1 aromatic carbocycles. The summed E-state index contributed by atoms with van der Waals surface area (Å²) in [5, 5.41) is 8.38. The number of anilines is 1. The van der Waals surface area contributed by atoms with Gasteiger partial charge in [-0.3, -0.25) is 0 Å². The average molecular weight is 407 g/mol. The van der Waals surface area contributed by atoms with Gasteiger partial charge in [-0.2, -0.15) is 0 Å². The SMILES string of the molecule is CC(C)(C)OC(=O)NCCCNCC(=S)Nc1ccccc1OC(F)(F)F. The number of amides is 1. The highest BCUT2D eigenvalue weighted by molar-refractivity contribution is 7.80. The Balaban J connectivity index is 2.28. The van der Waals surface area contributed by atoms with Crippen LogP contribution in [-0.4, -0.2) is 42.7 Å². The molecule has 0 saturated carbocycles. The van der Waals surface area contributed by atoms with Gasteiger partial charge in [0.2, 0.25) is 0 Å². The topological polar surface area (TPSA) is 71.6 Å². The third kappa shape index (κ3) is 11.3. The molecule has 0 radical (unpaired) electrons. The summed E-state index contributed by atoms with van der Waals surface area (Å²) < 4.78 is 46.2. The summed E-state index contributed by atoms with van der Waals surface area (Å²) in [6.45, 7) is 6.57. The van der Waals surface area contributed by atoms with E-state index in [1.807, 2.05) is 0 Å². The third-order valence-corrected chi connectivity index (χ3v) is 3.12. The molecule has 0 aromatic heterocycles. The molecule has 10 heteroatoms. The molecule has 0 unspecified atom stereocenters. The van der Waals surface area contributed by atoms with E-state index in [0.717, 1.165) is 0 Å². The highest BCUT2D eigenvalue weighted by Crippen LogP contribution is 2.29. The van der Waals surface area contributed by atoms with Crippen LogP contribution in [0.2, 0.25) is 0 Å². The van der Waals surface area contributed by atoms with Gasteiger partial charge in [0.25, 0.3) is 0 Å². The van der Waals surface area contributed by atoms with E-state index >= 15 is 0 Å². The van der Waals surface area contributed by atoms with Gasteiger partial charge >= 0.3 is 12.5 Å². The van der Waals surface area contributed by atoms with Crippen molar-refractivity contribution in [2.75, 3.05) is 25.0 Å². The first-order chi connectivity index (χ1) is 12.5. The summed E-state index contributed by atoms with van der Waals surface area (Å²) >= 11 is 5.12. The molecule has 27 heavy (non-hydrogen) atoms. The number of carbonyl (C=O) groups is 1. The Bertz CT molecular complexity index is 634. The van der Waals surface area contributed by atoms with Gasteiger partial charge in [-0.15, -0.1) is 13.2 Å². The van der Waals surface area contributed by atoms with Crippen molar-refractivity contribution in [2.45, 2.75) is 39.2 Å². The number of para-hydroxylation sites is 2. The maximum atomic E-state index is 12.4. The second-order valence-electron chi connectivity index (χ2n) is 6.55. The maximum absolute atomic E-state index is 12.4. The first-order valence-corrected chi connectivity index (χ1v) is 8.69. The third-order valence-electron chi connectivity index (χ3n) is 2.87. The second kappa shape index (κ2) is 10.3. The van der Waals surface area contributed by atoms with Crippen molar-refractivity contribution < 1.29 is 27.4 Å². The van der Waals surface area contributed by atoms with Crippen LogP contribution in [0, 0.1) is 0 Å². The van der Waals surface area contributed by atoms with E-state index in [1.54, 1.807) is 26.8 Å². The molecule has 0 atom stereocenters. The van der Waals surface area contributed by atoms with Crippen LogP contribution < -0.4 is 20.7 Å². The van der Waals surface area contributed by atoms with Gasteiger partial charge in [0.1, 0.15) is 5.60 Å². The van der Waals surface area contributed by atoms with Crippen LogP contribution in [-0.2, 0) is 4.74 Å². The van der Waals surface area contributed by atoms with Gasteiger partial charge < -0.3 is 25.4 Å². The van der Waals surface area contributed by atoms with E-state index in [-0.39, 0.29) is 18.0 Å². The Hall–Kier alpha value is -2.07. The first kappa shape index (κ1) is 23.0. The molecule has 0 saturated heterocycles. The van der Waals surface area contributed by atoms with Crippen LogP contribution >= 0.6 is 12.2 Å². The number of alkyl carbamates (subject to hydrolysis) is 1. The Morgan fingerprint density at radius 1 is 1.15 bits per heavy atom. The number of halogens is 3. The Kier molecular flexibility index (Phi) is 8.77. The minimum Gasteiger partial charge on any atom is -0.444 e. The number of benzene rings is 1.